The van der Waals surface area contributed by atoms with Crippen LogP contribution in [-0.4, -0.2) is 122 Å². The van der Waals surface area contributed by atoms with Crippen molar-refractivity contribution in [1.82, 2.24) is 39.5 Å². The number of amidine groups is 4. The van der Waals surface area contributed by atoms with E-state index in [9.17, 15) is 19.2 Å². The van der Waals surface area contributed by atoms with Crippen molar-refractivity contribution in [2.24, 2.45) is 31.8 Å². The van der Waals surface area contributed by atoms with Crippen LogP contribution in [0.25, 0.3) is 24.3 Å². The van der Waals surface area contributed by atoms with E-state index < -0.39 is 0 Å². The molecule has 0 saturated heterocycles. The van der Waals surface area contributed by atoms with Gasteiger partial charge in [0.15, 0.2) is 10.3 Å². The van der Waals surface area contributed by atoms with Crippen LogP contribution >= 0.6 is 43.2 Å². The monoisotopic (exact) mass is 1140 g/mol. The number of aliphatic imine (C=N–C) groups is 4. The Morgan fingerprint density at radius 3 is 1.31 bits per heavy atom. The number of amides is 4. The number of rotatable bonds is 28. The summed E-state index contributed by atoms with van der Waals surface area (Å²) in [6, 6.07) is 22.1. The van der Waals surface area contributed by atoms with Gasteiger partial charge in [-0.1, -0.05) is 103 Å². The molecule has 4 aliphatic heterocycles. The molecular formula is C60H62N12O4S4. The van der Waals surface area contributed by atoms with Crippen molar-refractivity contribution in [3.8, 4) is 0 Å². The first kappa shape index (κ1) is 58.6. The maximum atomic E-state index is 14.3. The number of nitrogens with zero attached hydrogens (tertiary/aromatic N) is 12. The van der Waals surface area contributed by atoms with Crippen molar-refractivity contribution < 1.29 is 19.2 Å². The Balaban J connectivity index is 1.11. The molecule has 16 nitrogen and oxygen atoms in total. The Kier molecular flexibility index (Phi) is 21.7. The highest BCUT2D eigenvalue weighted by Crippen LogP contribution is 2.43. The summed E-state index contributed by atoms with van der Waals surface area (Å²) in [5.41, 5.74) is 3.62. The standard InChI is InChI=1S/C60H62N12O4S4/c1-6-11-27-47(54-66-49(56(74)70(54)34-8-3)38-44-24-15-19-30-62-44)52(78-80-60-68-51(58(76)72(60)36-10-5)40-46-26-17-21-32-64-46)28-13-12-22-42(53-65-48(55(73)69(53)33-7-2)37-43-23-14-18-29-61-43)41-77-79-59-67-50(57(75)71(59)35-9-4)39-45-25-16-20-31-63-45/h7-10,14-21,23-26,29-32,37-40,42,47,52H,2-6,11-13,22,27-28,33-36,41H2,1H3/b48-37?,49-38-,50-39?,51-40-. The lowest BCUT2D eigenvalue weighted by Gasteiger charge is -2.31. The summed E-state index contributed by atoms with van der Waals surface area (Å²) in [4.78, 5) is 100. The van der Waals surface area contributed by atoms with E-state index >= 15 is 0 Å². The highest BCUT2D eigenvalue weighted by Gasteiger charge is 2.40. The Morgan fingerprint density at radius 1 is 0.475 bits per heavy atom. The minimum atomic E-state index is -0.245. The highest BCUT2D eigenvalue weighted by molar-refractivity contribution is 8.82. The lowest BCUT2D eigenvalue weighted by Crippen LogP contribution is -2.40. The quantitative estimate of drug-likeness (QED) is 0.0227. The van der Waals surface area contributed by atoms with E-state index in [1.807, 2.05) is 72.8 Å². The molecule has 20 heteroatoms. The molecule has 0 aromatic carbocycles. The molecule has 3 atom stereocenters. The van der Waals surface area contributed by atoms with Crippen molar-refractivity contribution in [3.63, 3.8) is 0 Å². The summed E-state index contributed by atoms with van der Waals surface area (Å²) < 4.78 is 0. The van der Waals surface area contributed by atoms with Crippen molar-refractivity contribution in [2.45, 2.75) is 57.1 Å². The molecule has 8 heterocycles. The SMILES string of the molecule is C=CCN1C(=O)C(=Cc2ccccn2)N=C1SSCC(CCCCC(SSC1=N/C(=C\c2ccccn2)C(=O)N1CC=C)C(CCCC)C1=N/C(=C\c2ccccn2)C(=O)N1CC=C)C1=NC(=Cc2ccccn2)C(=O)N1CC=C. The number of aromatic nitrogens is 4. The molecule has 410 valence electrons. The predicted octanol–water partition coefficient (Wildman–Crippen LogP) is 11.5. The van der Waals surface area contributed by atoms with Crippen molar-refractivity contribution in [3.05, 3.63) is 194 Å². The summed E-state index contributed by atoms with van der Waals surface area (Å²) in [5.74, 6) is 0.435. The third-order valence-electron chi connectivity index (χ3n) is 12.9. The smallest absolute Gasteiger partial charge is 0.278 e. The van der Waals surface area contributed by atoms with Crippen LogP contribution in [0, 0.1) is 11.8 Å². The number of hydrogen-bond acceptors (Lipinski definition) is 16. The summed E-state index contributed by atoms with van der Waals surface area (Å²) in [5, 5.41) is 0.920. The summed E-state index contributed by atoms with van der Waals surface area (Å²) in [7, 11) is 5.99. The zero-order chi connectivity index (χ0) is 56.2. The molecule has 4 aromatic heterocycles. The van der Waals surface area contributed by atoms with Crippen LogP contribution in [0.15, 0.2) is 191 Å². The van der Waals surface area contributed by atoms with Gasteiger partial charge >= 0.3 is 0 Å². The van der Waals surface area contributed by atoms with Crippen LogP contribution in [0.2, 0.25) is 0 Å². The maximum Gasteiger partial charge on any atom is 0.278 e. The van der Waals surface area contributed by atoms with E-state index in [4.69, 9.17) is 20.0 Å². The fourth-order valence-electron chi connectivity index (χ4n) is 9.03. The van der Waals surface area contributed by atoms with E-state index in [0.717, 1.165) is 32.1 Å². The molecule has 0 radical (unpaired) electrons. The van der Waals surface area contributed by atoms with Crippen molar-refractivity contribution in [2.75, 3.05) is 31.9 Å². The normalized spacial score (nSPS) is 18.6. The Bertz CT molecular complexity index is 3180. The molecule has 0 spiro atoms. The highest BCUT2D eigenvalue weighted by atomic mass is 33.1. The average Bonchev–Trinajstić information content (AvgIpc) is 4.15. The molecule has 0 aliphatic carbocycles. The second-order valence-corrected chi connectivity index (χ2v) is 23.2. The van der Waals surface area contributed by atoms with Gasteiger partial charge in [-0.05, 0) is 114 Å². The Morgan fingerprint density at radius 2 is 0.875 bits per heavy atom. The molecule has 4 aliphatic rings. The van der Waals surface area contributed by atoms with Gasteiger partial charge in [0.05, 0.1) is 22.8 Å². The summed E-state index contributed by atoms with van der Waals surface area (Å²) in [6.45, 7) is 19.1. The second kappa shape index (κ2) is 29.6. The number of unbranched alkanes of at least 4 members (excludes halogenated alkanes) is 2. The van der Waals surface area contributed by atoms with E-state index in [1.165, 1.54) is 32.4 Å². The van der Waals surface area contributed by atoms with Crippen LogP contribution in [0.5, 0.6) is 0 Å². The summed E-state index contributed by atoms with van der Waals surface area (Å²) >= 11 is 0. The van der Waals surface area contributed by atoms with Crippen LogP contribution in [0.1, 0.15) is 74.6 Å². The Hall–Kier alpha value is -7.52. The van der Waals surface area contributed by atoms with E-state index in [1.54, 1.807) is 104 Å². The lowest BCUT2D eigenvalue weighted by atomic mass is 9.92. The molecule has 8 rings (SSSR count). The van der Waals surface area contributed by atoms with E-state index in [2.05, 4.69) is 53.2 Å². The van der Waals surface area contributed by atoms with Gasteiger partial charge in [0.2, 0.25) is 0 Å². The zero-order valence-electron chi connectivity index (χ0n) is 44.5. The molecule has 0 saturated carbocycles. The Labute approximate surface area is 483 Å². The fraction of sp³-hybridized carbons (Fsp3) is 0.267. The molecular weight excluding hydrogens is 1080 g/mol. The van der Waals surface area contributed by atoms with Crippen molar-refractivity contribution in [1.29, 1.82) is 0 Å². The minimum absolute atomic E-state index is 0.132. The first-order valence-electron chi connectivity index (χ1n) is 26.3. The maximum absolute atomic E-state index is 14.3. The molecule has 3 unspecified atom stereocenters. The van der Waals surface area contributed by atoms with Gasteiger partial charge in [-0.25, -0.2) is 20.0 Å². The number of hydrogen-bond donors (Lipinski definition) is 0. The van der Waals surface area contributed by atoms with E-state index in [-0.39, 0.29) is 84.0 Å². The molecule has 0 N–H and O–H groups in total. The molecule has 0 bridgehead atoms. The third kappa shape index (κ3) is 15.0. The second-order valence-electron chi connectivity index (χ2n) is 18.5. The number of carbonyl (C=O) groups is 4. The lowest BCUT2D eigenvalue weighted by molar-refractivity contribution is -0.123. The minimum Gasteiger partial charge on any atom is -0.291 e. The van der Waals surface area contributed by atoms with Gasteiger partial charge in [-0.3, -0.25) is 58.7 Å². The van der Waals surface area contributed by atoms with E-state index in [0.29, 0.717) is 69.1 Å². The largest absolute Gasteiger partial charge is 0.291 e. The van der Waals surface area contributed by atoms with Crippen LogP contribution in [0.4, 0.5) is 0 Å². The van der Waals surface area contributed by atoms with Gasteiger partial charge in [-0.15, -0.1) is 26.3 Å². The fourth-order valence-corrected chi connectivity index (χ4v) is 14.4. The topological polar surface area (TPSA) is 182 Å². The molecule has 80 heavy (non-hydrogen) atoms. The zero-order valence-corrected chi connectivity index (χ0v) is 47.8. The van der Waals surface area contributed by atoms with Gasteiger partial charge in [0.25, 0.3) is 23.6 Å². The molecule has 4 aromatic rings. The van der Waals surface area contributed by atoms with Crippen LogP contribution in [-0.2, 0) is 19.2 Å². The summed E-state index contributed by atoms with van der Waals surface area (Å²) in [6.07, 6.45) is 25.7. The van der Waals surface area contributed by atoms with Gasteiger partial charge in [0, 0.05) is 73.8 Å². The average molecular weight is 1140 g/mol. The van der Waals surface area contributed by atoms with Gasteiger partial charge in [0.1, 0.15) is 34.5 Å². The first-order valence-corrected chi connectivity index (χ1v) is 30.9. The number of carbonyl (C=O) groups excluding carboxylic acids is 4. The van der Waals surface area contributed by atoms with Gasteiger partial charge < -0.3 is 0 Å². The molecule has 4 amide bonds. The van der Waals surface area contributed by atoms with Crippen molar-refractivity contribution >= 4 is 113 Å². The third-order valence-corrected chi connectivity index (χ3v) is 18.0. The molecule has 0 fully saturated rings. The first-order chi connectivity index (χ1) is 39.1. The van der Waals surface area contributed by atoms with Gasteiger partial charge in [-0.2, -0.15) is 0 Å². The predicted molar refractivity (Wildman–Crippen MR) is 330 cm³/mol. The number of pyridine rings is 4. The van der Waals surface area contributed by atoms with Crippen LogP contribution < -0.4 is 0 Å². The van der Waals surface area contributed by atoms with Crippen LogP contribution in [0.3, 0.4) is 0 Å².